The summed E-state index contributed by atoms with van der Waals surface area (Å²) < 4.78 is 4.97. The van der Waals surface area contributed by atoms with Crippen molar-refractivity contribution < 1.29 is 4.52 Å². The number of aromatic nitrogens is 1. The first kappa shape index (κ1) is 11.2. The maximum absolute atomic E-state index is 4.97. The lowest BCUT2D eigenvalue weighted by molar-refractivity contribution is 0.298. The highest BCUT2D eigenvalue weighted by Gasteiger charge is 1.99. The van der Waals surface area contributed by atoms with Gasteiger partial charge in [0.2, 0.25) is 0 Å². The van der Waals surface area contributed by atoms with Crippen LogP contribution in [0.2, 0.25) is 0 Å². The van der Waals surface area contributed by atoms with Crippen LogP contribution in [0.25, 0.3) is 0 Å². The fourth-order valence-electron chi connectivity index (χ4n) is 1.32. The van der Waals surface area contributed by atoms with Crippen molar-refractivity contribution in [3.63, 3.8) is 0 Å². The predicted octanol–water partition coefficient (Wildman–Crippen LogP) is 1.11. The van der Waals surface area contributed by atoms with Crippen LogP contribution >= 0.6 is 0 Å². The average molecular weight is 197 g/mol. The molecule has 1 aromatic heterocycles. The normalized spacial score (nSPS) is 11.1. The largest absolute Gasteiger partial charge is 0.360 e. The molecule has 0 bridgehead atoms. The van der Waals surface area contributed by atoms with E-state index in [4.69, 9.17) is 4.52 Å². The zero-order valence-corrected chi connectivity index (χ0v) is 8.99. The molecule has 4 heteroatoms. The molecule has 0 aliphatic rings. The van der Waals surface area contributed by atoms with Gasteiger partial charge in [-0.15, -0.1) is 0 Å². The Morgan fingerprint density at radius 3 is 2.79 bits per heavy atom. The van der Waals surface area contributed by atoms with Gasteiger partial charge in [-0.1, -0.05) is 19.0 Å². The van der Waals surface area contributed by atoms with Crippen molar-refractivity contribution in [2.45, 2.75) is 20.4 Å². The minimum absolute atomic E-state index is 0.765. The monoisotopic (exact) mass is 197 g/mol. The quantitative estimate of drug-likeness (QED) is 0.665. The first-order chi connectivity index (χ1) is 6.86. The van der Waals surface area contributed by atoms with Crippen LogP contribution in [0.5, 0.6) is 0 Å². The molecule has 0 saturated heterocycles. The van der Waals surface area contributed by atoms with Gasteiger partial charge >= 0.3 is 0 Å². The van der Waals surface area contributed by atoms with Crippen molar-refractivity contribution in [1.82, 2.24) is 15.4 Å². The Labute approximate surface area is 85.3 Å². The van der Waals surface area contributed by atoms with Gasteiger partial charge in [-0.25, -0.2) is 0 Å². The van der Waals surface area contributed by atoms with Gasteiger partial charge in [-0.2, -0.15) is 0 Å². The van der Waals surface area contributed by atoms with Crippen LogP contribution < -0.4 is 5.32 Å². The molecule has 4 nitrogen and oxygen atoms in total. The highest BCUT2D eigenvalue weighted by atomic mass is 16.5. The molecular weight excluding hydrogens is 178 g/mol. The highest BCUT2D eigenvalue weighted by molar-refractivity contribution is 4.91. The maximum atomic E-state index is 4.97. The summed E-state index contributed by atoms with van der Waals surface area (Å²) in [6.07, 6.45) is 1.67. The molecule has 1 heterocycles. The van der Waals surface area contributed by atoms with E-state index in [1.165, 1.54) is 0 Å². The van der Waals surface area contributed by atoms with Crippen molar-refractivity contribution in [1.29, 1.82) is 0 Å². The van der Waals surface area contributed by atoms with E-state index in [-0.39, 0.29) is 0 Å². The molecule has 0 saturated carbocycles. The smallest absolute Gasteiger partial charge is 0.150 e. The standard InChI is InChI=1S/C10H19N3O/c1-3-13(4-2)8-7-11-9-10-5-6-12-14-10/h5-6,11H,3-4,7-9H2,1-2H3. The summed E-state index contributed by atoms with van der Waals surface area (Å²) >= 11 is 0. The molecule has 0 aliphatic carbocycles. The lowest BCUT2D eigenvalue weighted by Gasteiger charge is -2.17. The van der Waals surface area contributed by atoms with Crippen LogP contribution in [0.4, 0.5) is 0 Å². The maximum Gasteiger partial charge on any atom is 0.150 e. The molecule has 1 rings (SSSR count). The molecule has 0 fully saturated rings. The van der Waals surface area contributed by atoms with E-state index in [1.807, 2.05) is 6.07 Å². The van der Waals surface area contributed by atoms with Gasteiger partial charge in [-0.05, 0) is 13.1 Å². The molecule has 0 amide bonds. The van der Waals surface area contributed by atoms with E-state index >= 15 is 0 Å². The van der Waals surface area contributed by atoms with E-state index in [2.05, 4.69) is 29.2 Å². The van der Waals surface area contributed by atoms with Crippen LogP contribution in [-0.4, -0.2) is 36.2 Å². The molecule has 1 N–H and O–H groups in total. The van der Waals surface area contributed by atoms with Gasteiger partial charge in [0, 0.05) is 19.2 Å². The van der Waals surface area contributed by atoms with Crippen LogP contribution in [0.1, 0.15) is 19.6 Å². The number of nitrogens with zero attached hydrogens (tertiary/aromatic N) is 2. The summed E-state index contributed by atoms with van der Waals surface area (Å²) in [5, 5.41) is 6.95. The molecule has 0 aliphatic heterocycles. The Morgan fingerprint density at radius 1 is 1.43 bits per heavy atom. The molecule has 14 heavy (non-hydrogen) atoms. The van der Waals surface area contributed by atoms with Crippen molar-refractivity contribution in [3.05, 3.63) is 18.0 Å². The lowest BCUT2D eigenvalue weighted by atomic mass is 10.4. The first-order valence-electron chi connectivity index (χ1n) is 5.19. The lowest BCUT2D eigenvalue weighted by Crippen LogP contribution is -2.31. The molecule has 0 unspecified atom stereocenters. The second-order valence-electron chi connectivity index (χ2n) is 3.18. The molecule has 0 aromatic carbocycles. The zero-order valence-electron chi connectivity index (χ0n) is 8.99. The Hall–Kier alpha value is -0.870. The van der Waals surface area contributed by atoms with Crippen molar-refractivity contribution in [3.8, 4) is 0 Å². The number of likely N-dealkylation sites (N-methyl/N-ethyl adjacent to an activating group) is 1. The van der Waals surface area contributed by atoms with Crippen LogP contribution in [-0.2, 0) is 6.54 Å². The second kappa shape index (κ2) is 6.56. The van der Waals surface area contributed by atoms with Gasteiger partial charge in [0.05, 0.1) is 12.7 Å². The molecule has 1 aromatic rings. The first-order valence-corrected chi connectivity index (χ1v) is 5.19. The molecule has 0 spiro atoms. The molecule has 0 atom stereocenters. The minimum Gasteiger partial charge on any atom is -0.360 e. The number of hydrogen-bond acceptors (Lipinski definition) is 4. The summed E-state index contributed by atoms with van der Waals surface area (Å²) in [6, 6.07) is 1.88. The van der Waals surface area contributed by atoms with Crippen LogP contribution in [0, 0.1) is 0 Å². The summed E-state index contributed by atoms with van der Waals surface area (Å²) in [5.41, 5.74) is 0. The third-order valence-electron chi connectivity index (χ3n) is 2.29. The third-order valence-corrected chi connectivity index (χ3v) is 2.29. The fraction of sp³-hybridized carbons (Fsp3) is 0.700. The van der Waals surface area contributed by atoms with Gasteiger partial charge < -0.3 is 14.7 Å². The molecule has 0 radical (unpaired) electrons. The van der Waals surface area contributed by atoms with E-state index in [0.717, 1.165) is 38.5 Å². The Bertz CT molecular complexity index is 219. The summed E-state index contributed by atoms with van der Waals surface area (Å²) in [4.78, 5) is 2.38. The van der Waals surface area contributed by atoms with Gasteiger partial charge in [0.25, 0.3) is 0 Å². The van der Waals surface area contributed by atoms with E-state index in [1.54, 1.807) is 6.20 Å². The number of hydrogen-bond donors (Lipinski definition) is 1. The fourth-order valence-corrected chi connectivity index (χ4v) is 1.32. The van der Waals surface area contributed by atoms with Crippen molar-refractivity contribution in [2.24, 2.45) is 0 Å². The SMILES string of the molecule is CCN(CC)CCNCc1ccno1. The van der Waals surface area contributed by atoms with Crippen LogP contribution in [0.3, 0.4) is 0 Å². The summed E-state index contributed by atoms with van der Waals surface area (Å²) in [7, 11) is 0. The Kier molecular flexibility index (Phi) is 5.25. The van der Waals surface area contributed by atoms with E-state index in [0.29, 0.717) is 0 Å². The summed E-state index contributed by atoms with van der Waals surface area (Å²) in [6.45, 7) is 9.42. The highest BCUT2D eigenvalue weighted by Crippen LogP contribution is 1.94. The summed E-state index contributed by atoms with van der Waals surface area (Å²) in [5.74, 6) is 0.893. The topological polar surface area (TPSA) is 41.3 Å². The Balaban J connectivity index is 2.04. The second-order valence-corrected chi connectivity index (χ2v) is 3.18. The minimum atomic E-state index is 0.765. The van der Waals surface area contributed by atoms with E-state index < -0.39 is 0 Å². The third kappa shape index (κ3) is 3.89. The van der Waals surface area contributed by atoms with Gasteiger partial charge in [0.1, 0.15) is 5.76 Å². The predicted molar refractivity (Wildman–Crippen MR) is 56.0 cm³/mol. The number of rotatable bonds is 7. The van der Waals surface area contributed by atoms with Crippen LogP contribution in [0.15, 0.2) is 16.8 Å². The number of nitrogens with one attached hydrogen (secondary N) is 1. The van der Waals surface area contributed by atoms with Gasteiger partial charge in [-0.3, -0.25) is 0 Å². The van der Waals surface area contributed by atoms with Crippen molar-refractivity contribution in [2.75, 3.05) is 26.2 Å². The molecule has 80 valence electrons. The zero-order chi connectivity index (χ0) is 10.2. The van der Waals surface area contributed by atoms with Crippen molar-refractivity contribution >= 4 is 0 Å². The average Bonchev–Trinajstić information content (AvgIpc) is 2.71. The van der Waals surface area contributed by atoms with E-state index in [9.17, 15) is 0 Å². The Morgan fingerprint density at radius 2 is 2.21 bits per heavy atom. The molecular formula is C10H19N3O. The van der Waals surface area contributed by atoms with Gasteiger partial charge in [0.15, 0.2) is 0 Å².